The minimum atomic E-state index is -0.515. The van der Waals surface area contributed by atoms with E-state index in [0.29, 0.717) is 16.6 Å². The predicted octanol–water partition coefficient (Wildman–Crippen LogP) is 2.86. The van der Waals surface area contributed by atoms with Crippen LogP contribution in [0.25, 0.3) is 0 Å². The number of hydrogen-bond acceptors (Lipinski definition) is 2. The first kappa shape index (κ1) is 16.1. The Hall–Kier alpha value is -1.26. The molecule has 2 unspecified atom stereocenters. The molecule has 2 atom stereocenters. The van der Waals surface area contributed by atoms with Crippen molar-refractivity contribution in [1.82, 2.24) is 10.2 Å². The molecule has 1 aliphatic heterocycles. The van der Waals surface area contributed by atoms with Crippen LogP contribution in [0.4, 0.5) is 0 Å². The number of hydrogen-bond donors (Lipinski definition) is 1. The summed E-state index contributed by atoms with van der Waals surface area (Å²) in [6.45, 7) is 5.83. The summed E-state index contributed by atoms with van der Waals surface area (Å²) in [5.74, 6) is -0.182. The first-order chi connectivity index (χ1) is 9.81. The Morgan fingerprint density at radius 1 is 1.29 bits per heavy atom. The Morgan fingerprint density at radius 2 is 1.95 bits per heavy atom. The molecule has 4 nitrogen and oxygen atoms in total. The number of halogens is 2. The van der Waals surface area contributed by atoms with E-state index < -0.39 is 12.1 Å². The second-order valence-electron chi connectivity index (χ2n) is 5.61. The molecule has 1 aliphatic rings. The number of amides is 2. The van der Waals surface area contributed by atoms with Gasteiger partial charge in [-0.1, -0.05) is 43.1 Å². The fourth-order valence-electron chi connectivity index (χ4n) is 2.35. The van der Waals surface area contributed by atoms with E-state index in [1.165, 1.54) is 0 Å². The minimum absolute atomic E-state index is 0.0390. The van der Waals surface area contributed by atoms with Crippen molar-refractivity contribution in [3.8, 4) is 0 Å². The highest BCUT2D eigenvalue weighted by Crippen LogP contribution is 2.25. The van der Waals surface area contributed by atoms with E-state index in [-0.39, 0.29) is 17.7 Å². The second kappa shape index (κ2) is 6.24. The largest absolute Gasteiger partial charge is 0.342 e. The van der Waals surface area contributed by atoms with Crippen LogP contribution in [0.15, 0.2) is 18.2 Å². The topological polar surface area (TPSA) is 49.4 Å². The lowest BCUT2D eigenvalue weighted by Crippen LogP contribution is -2.63. The zero-order valence-electron chi connectivity index (χ0n) is 12.2. The number of benzene rings is 1. The third-order valence-electron chi connectivity index (χ3n) is 3.72. The van der Waals surface area contributed by atoms with Gasteiger partial charge < -0.3 is 10.2 Å². The minimum Gasteiger partial charge on any atom is -0.342 e. The molecule has 1 aromatic rings. The Labute approximate surface area is 134 Å². The van der Waals surface area contributed by atoms with Gasteiger partial charge in [0.25, 0.3) is 0 Å². The van der Waals surface area contributed by atoms with Gasteiger partial charge in [-0.3, -0.25) is 9.59 Å². The molecular formula is C15H18Cl2N2O2. The molecule has 2 rings (SSSR count). The van der Waals surface area contributed by atoms with E-state index in [1.54, 1.807) is 30.0 Å². The summed E-state index contributed by atoms with van der Waals surface area (Å²) >= 11 is 12.0. The monoisotopic (exact) mass is 328 g/mol. The molecule has 0 bridgehead atoms. The summed E-state index contributed by atoms with van der Waals surface area (Å²) in [6.07, 6.45) is 0. The van der Waals surface area contributed by atoms with Crippen LogP contribution >= 0.6 is 23.2 Å². The van der Waals surface area contributed by atoms with Gasteiger partial charge >= 0.3 is 0 Å². The molecule has 0 aliphatic carbocycles. The number of nitrogens with zero attached hydrogens (tertiary/aromatic N) is 1. The van der Waals surface area contributed by atoms with Crippen molar-refractivity contribution in [3.63, 3.8) is 0 Å². The van der Waals surface area contributed by atoms with E-state index >= 15 is 0 Å². The van der Waals surface area contributed by atoms with E-state index in [2.05, 4.69) is 5.32 Å². The van der Waals surface area contributed by atoms with Crippen LogP contribution < -0.4 is 5.32 Å². The van der Waals surface area contributed by atoms with Crippen molar-refractivity contribution in [2.45, 2.75) is 39.4 Å². The Kier molecular flexibility index (Phi) is 4.79. The Bertz CT molecular complexity index is 575. The quantitative estimate of drug-likeness (QED) is 0.927. The number of rotatable bonds is 3. The number of carbonyl (C=O) groups is 2. The molecule has 1 heterocycles. The van der Waals surface area contributed by atoms with E-state index in [4.69, 9.17) is 23.2 Å². The molecule has 1 aromatic carbocycles. The summed E-state index contributed by atoms with van der Waals surface area (Å²) < 4.78 is 0. The van der Waals surface area contributed by atoms with Crippen molar-refractivity contribution >= 4 is 35.0 Å². The first-order valence-electron chi connectivity index (χ1n) is 6.86. The summed E-state index contributed by atoms with van der Waals surface area (Å²) in [5, 5.41) is 3.81. The molecule has 6 heteroatoms. The molecular weight excluding hydrogens is 311 g/mol. The van der Waals surface area contributed by atoms with Gasteiger partial charge in [0.2, 0.25) is 11.8 Å². The summed E-state index contributed by atoms with van der Waals surface area (Å²) in [6, 6.07) is 4.14. The lowest BCUT2D eigenvalue weighted by molar-refractivity contribution is -0.150. The molecule has 21 heavy (non-hydrogen) atoms. The smallest absolute Gasteiger partial charge is 0.246 e. The van der Waals surface area contributed by atoms with Gasteiger partial charge in [0, 0.05) is 16.6 Å². The zero-order chi connectivity index (χ0) is 15.7. The van der Waals surface area contributed by atoms with Crippen LogP contribution in [0.2, 0.25) is 10.0 Å². The van der Waals surface area contributed by atoms with Gasteiger partial charge in [-0.2, -0.15) is 0 Å². The lowest BCUT2D eigenvalue weighted by atomic mass is 9.98. The molecule has 114 valence electrons. The Balaban J connectivity index is 2.27. The van der Waals surface area contributed by atoms with Crippen LogP contribution in [0, 0.1) is 5.92 Å². The molecule has 1 N–H and O–H groups in total. The average molecular weight is 329 g/mol. The first-order valence-corrected chi connectivity index (χ1v) is 7.61. The van der Waals surface area contributed by atoms with Crippen molar-refractivity contribution < 1.29 is 9.59 Å². The highest BCUT2D eigenvalue weighted by Gasteiger charge is 2.39. The lowest BCUT2D eigenvalue weighted by Gasteiger charge is -2.39. The molecule has 0 radical (unpaired) electrons. The highest BCUT2D eigenvalue weighted by molar-refractivity contribution is 6.35. The van der Waals surface area contributed by atoms with Crippen LogP contribution in [-0.2, 0) is 16.1 Å². The SMILES string of the molecule is CC(C)C1NC(=O)C(C)N(Cc2ccc(Cl)cc2Cl)C1=O. The van der Waals surface area contributed by atoms with Crippen LogP contribution in [0.3, 0.4) is 0 Å². The number of nitrogens with one attached hydrogen (secondary N) is 1. The Morgan fingerprint density at radius 3 is 2.52 bits per heavy atom. The van der Waals surface area contributed by atoms with Crippen molar-refractivity contribution in [3.05, 3.63) is 33.8 Å². The van der Waals surface area contributed by atoms with Gasteiger partial charge in [0.1, 0.15) is 12.1 Å². The second-order valence-corrected chi connectivity index (χ2v) is 6.45. The maximum absolute atomic E-state index is 12.5. The molecule has 1 fully saturated rings. The van der Waals surface area contributed by atoms with E-state index in [0.717, 1.165) is 5.56 Å². The van der Waals surface area contributed by atoms with Crippen molar-refractivity contribution in [1.29, 1.82) is 0 Å². The average Bonchev–Trinajstić information content (AvgIpc) is 2.40. The molecule has 0 aromatic heterocycles. The third kappa shape index (κ3) is 3.33. The predicted molar refractivity (Wildman–Crippen MR) is 83.2 cm³/mol. The van der Waals surface area contributed by atoms with Gasteiger partial charge in [-0.25, -0.2) is 0 Å². The molecule has 0 saturated carbocycles. The summed E-state index contributed by atoms with van der Waals surface area (Å²) in [4.78, 5) is 26.2. The number of carbonyl (C=O) groups excluding carboxylic acids is 2. The van der Waals surface area contributed by atoms with E-state index in [1.807, 2.05) is 13.8 Å². The van der Waals surface area contributed by atoms with Crippen molar-refractivity contribution in [2.24, 2.45) is 5.92 Å². The fourth-order valence-corrected chi connectivity index (χ4v) is 2.82. The normalized spacial score (nSPS) is 22.7. The standard InChI is InChI=1S/C15H18Cl2N2O2/c1-8(2)13-15(21)19(9(3)14(20)18-13)7-10-4-5-11(16)6-12(10)17/h4-6,8-9,13H,7H2,1-3H3,(H,18,20). The van der Waals surface area contributed by atoms with Crippen molar-refractivity contribution in [2.75, 3.05) is 0 Å². The third-order valence-corrected chi connectivity index (χ3v) is 4.30. The van der Waals surface area contributed by atoms with E-state index in [9.17, 15) is 9.59 Å². The molecule has 2 amide bonds. The van der Waals surface area contributed by atoms with Gasteiger partial charge in [-0.15, -0.1) is 0 Å². The number of piperazine rings is 1. The van der Waals surface area contributed by atoms with Gasteiger partial charge in [0.05, 0.1) is 0 Å². The molecule has 0 spiro atoms. The van der Waals surface area contributed by atoms with Crippen LogP contribution in [0.5, 0.6) is 0 Å². The summed E-state index contributed by atoms with van der Waals surface area (Å²) in [7, 11) is 0. The van der Waals surface area contributed by atoms with Crippen LogP contribution in [0.1, 0.15) is 26.3 Å². The highest BCUT2D eigenvalue weighted by atomic mass is 35.5. The maximum atomic E-state index is 12.5. The maximum Gasteiger partial charge on any atom is 0.246 e. The van der Waals surface area contributed by atoms with Crippen LogP contribution in [-0.4, -0.2) is 28.8 Å². The fraction of sp³-hybridized carbons (Fsp3) is 0.467. The zero-order valence-corrected chi connectivity index (χ0v) is 13.7. The molecule has 1 saturated heterocycles. The van der Waals surface area contributed by atoms with Gasteiger partial charge in [0.15, 0.2) is 0 Å². The summed E-state index contributed by atoms with van der Waals surface area (Å²) in [5.41, 5.74) is 0.776. The van der Waals surface area contributed by atoms with Gasteiger partial charge in [-0.05, 0) is 30.5 Å².